The van der Waals surface area contributed by atoms with Crippen molar-refractivity contribution < 1.29 is 32.6 Å². The van der Waals surface area contributed by atoms with Crippen LogP contribution >= 0.6 is 11.9 Å². The van der Waals surface area contributed by atoms with E-state index in [4.69, 9.17) is 10.2 Å². The maximum atomic E-state index is 13.7. The van der Waals surface area contributed by atoms with Crippen molar-refractivity contribution in [2.24, 2.45) is 0 Å². The first-order chi connectivity index (χ1) is 14.2. The predicted molar refractivity (Wildman–Crippen MR) is 105 cm³/mol. The lowest BCUT2D eigenvalue weighted by molar-refractivity contribution is -0.137. The average Bonchev–Trinajstić information content (AvgIpc) is 2.67. The van der Waals surface area contributed by atoms with Gasteiger partial charge in [-0.05, 0) is 60.7 Å². The van der Waals surface area contributed by atoms with Gasteiger partial charge < -0.3 is 19.8 Å². The normalized spacial score (nSPS) is 13.2. The summed E-state index contributed by atoms with van der Waals surface area (Å²) in [6.45, 7) is -0.537. The van der Waals surface area contributed by atoms with Crippen LogP contribution in [0.15, 0.2) is 41.3 Å². The second-order valence-electron chi connectivity index (χ2n) is 6.79. The Morgan fingerprint density at radius 1 is 1.07 bits per heavy atom. The van der Waals surface area contributed by atoms with Gasteiger partial charge in [0.2, 0.25) is 5.91 Å². The second kappa shape index (κ2) is 9.23. The lowest BCUT2D eigenvalue weighted by Crippen LogP contribution is -2.41. The molecule has 0 radical (unpaired) electrons. The molecular weight excluding hydrogens is 424 g/mol. The molecule has 0 aliphatic carbocycles. The van der Waals surface area contributed by atoms with E-state index in [2.05, 4.69) is 5.32 Å². The zero-order valence-electron chi connectivity index (χ0n) is 15.7. The summed E-state index contributed by atoms with van der Waals surface area (Å²) >= 11 is 1.06. The number of anilines is 1. The Morgan fingerprint density at radius 2 is 1.77 bits per heavy atom. The maximum Gasteiger partial charge on any atom is 0.416 e. The lowest BCUT2D eigenvalue weighted by atomic mass is 10.00. The van der Waals surface area contributed by atoms with Gasteiger partial charge in [-0.25, -0.2) is 4.39 Å². The van der Waals surface area contributed by atoms with E-state index in [-0.39, 0.29) is 38.2 Å². The van der Waals surface area contributed by atoms with E-state index in [1.165, 1.54) is 28.6 Å². The molecule has 0 bridgehead atoms. The molecule has 0 spiro atoms. The number of hydrogen-bond acceptors (Lipinski definition) is 5. The van der Waals surface area contributed by atoms with Crippen molar-refractivity contribution in [2.45, 2.75) is 30.0 Å². The third-order valence-electron chi connectivity index (χ3n) is 4.64. The predicted octanol–water partition coefficient (Wildman–Crippen LogP) is 3.59. The first-order valence-electron chi connectivity index (χ1n) is 9.20. The molecule has 0 fully saturated rings. The molecule has 2 aromatic carbocycles. The fourth-order valence-corrected chi connectivity index (χ4v) is 4.35. The summed E-state index contributed by atoms with van der Waals surface area (Å²) in [7, 11) is 0. The third-order valence-corrected chi connectivity index (χ3v) is 5.72. The van der Waals surface area contributed by atoms with Crippen LogP contribution in [0, 0.1) is 5.82 Å². The Kier molecular flexibility index (Phi) is 6.89. The first kappa shape index (κ1) is 22.4. The molecule has 10 heteroatoms. The molecule has 162 valence electrons. The zero-order valence-corrected chi connectivity index (χ0v) is 16.6. The van der Waals surface area contributed by atoms with Gasteiger partial charge in [-0.3, -0.25) is 4.79 Å². The molecule has 5 nitrogen and oxygen atoms in total. The summed E-state index contributed by atoms with van der Waals surface area (Å²) in [4.78, 5) is 12.9. The molecule has 0 saturated carbocycles. The van der Waals surface area contributed by atoms with Gasteiger partial charge in [-0.2, -0.15) is 13.2 Å². The van der Waals surface area contributed by atoms with E-state index in [1.54, 1.807) is 0 Å². The monoisotopic (exact) mass is 444 g/mol. The topological polar surface area (TPSA) is 72.8 Å². The SMILES string of the molecule is O=C(CN1Sc2cc(F)ccc2-c2cc(C(F)(F)F)ccc21)NC(CCO)CCO. The van der Waals surface area contributed by atoms with Gasteiger partial charge in [0.05, 0.1) is 11.3 Å². The van der Waals surface area contributed by atoms with E-state index in [9.17, 15) is 22.4 Å². The van der Waals surface area contributed by atoms with E-state index in [1.807, 2.05) is 0 Å². The molecule has 1 heterocycles. The van der Waals surface area contributed by atoms with Crippen molar-refractivity contribution in [3.05, 3.63) is 47.8 Å². The summed E-state index contributed by atoms with van der Waals surface area (Å²) in [6.07, 6.45) is -4.01. The first-order valence-corrected chi connectivity index (χ1v) is 9.98. The van der Waals surface area contributed by atoms with Crippen LogP contribution in [0.4, 0.5) is 23.2 Å². The van der Waals surface area contributed by atoms with E-state index < -0.39 is 29.5 Å². The molecule has 1 aliphatic rings. The highest BCUT2D eigenvalue weighted by Gasteiger charge is 2.33. The molecule has 3 rings (SSSR count). The Hall–Kier alpha value is -2.30. The van der Waals surface area contributed by atoms with Crippen LogP contribution in [0.2, 0.25) is 0 Å². The highest BCUT2D eigenvalue weighted by molar-refractivity contribution is 8.01. The van der Waals surface area contributed by atoms with E-state index >= 15 is 0 Å². The molecule has 1 amide bonds. The minimum Gasteiger partial charge on any atom is -0.396 e. The van der Waals surface area contributed by atoms with Crippen LogP contribution in [0.1, 0.15) is 18.4 Å². The van der Waals surface area contributed by atoms with Crippen LogP contribution in [-0.4, -0.2) is 41.9 Å². The number of halogens is 4. The number of nitrogens with zero attached hydrogens (tertiary/aromatic N) is 1. The van der Waals surface area contributed by atoms with Gasteiger partial charge >= 0.3 is 6.18 Å². The quantitative estimate of drug-likeness (QED) is 0.450. The number of carbonyl (C=O) groups is 1. The van der Waals surface area contributed by atoms with Gasteiger partial charge in [-0.1, -0.05) is 6.07 Å². The second-order valence-corrected chi connectivity index (χ2v) is 7.85. The number of amides is 1. The average molecular weight is 444 g/mol. The highest BCUT2D eigenvalue weighted by Crippen LogP contribution is 2.48. The lowest BCUT2D eigenvalue weighted by Gasteiger charge is -2.32. The number of rotatable bonds is 7. The van der Waals surface area contributed by atoms with E-state index in [0.29, 0.717) is 16.1 Å². The summed E-state index contributed by atoms with van der Waals surface area (Å²) in [5.41, 5.74) is 0.285. The zero-order chi connectivity index (χ0) is 21.9. The number of aliphatic hydroxyl groups excluding tert-OH is 2. The Labute approximate surface area is 174 Å². The molecular formula is C20H20F4N2O3S. The number of hydrogen-bond donors (Lipinski definition) is 3. The standard InChI is InChI=1S/C20H20F4N2O3S/c21-13-2-3-15-16-9-12(20(22,23)24)1-4-17(16)26(30-18(15)10-13)11-19(29)25-14(5-7-27)6-8-28/h1-4,9-10,14,27-28H,5-8,11H2,(H,25,29). The van der Waals surface area contributed by atoms with Crippen LogP contribution in [-0.2, 0) is 11.0 Å². The largest absolute Gasteiger partial charge is 0.416 e. The maximum absolute atomic E-state index is 13.7. The van der Waals surface area contributed by atoms with Gasteiger partial charge in [0.25, 0.3) is 0 Å². The summed E-state index contributed by atoms with van der Waals surface area (Å²) in [5.74, 6) is -0.966. The number of nitrogens with one attached hydrogen (secondary N) is 1. The fraction of sp³-hybridized carbons (Fsp3) is 0.350. The Morgan fingerprint density at radius 3 is 2.40 bits per heavy atom. The van der Waals surface area contributed by atoms with Crippen LogP contribution in [0.25, 0.3) is 11.1 Å². The highest BCUT2D eigenvalue weighted by atomic mass is 32.2. The molecule has 0 saturated heterocycles. The minimum atomic E-state index is -4.54. The van der Waals surface area contributed by atoms with Crippen molar-refractivity contribution in [3.63, 3.8) is 0 Å². The molecule has 0 aromatic heterocycles. The molecule has 3 N–H and O–H groups in total. The third kappa shape index (κ3) is 5.05. The number of aliphatic hydroxyl groups is 2. The van der Waals surface area contributed by atoms with Gasteiger partial charge in [-0.15, -0.1) is 0 Å². The van der Waals surface area contributed by atoms with Crippen LogP contribution in [0.3, 0.4) is 0 Å². The number of fused-ring (bicyclic) bond motifs is 3. The molecule has 2 aromatic rings. The van der Waals surface area contributed by atoms with Gasteiger partial charge in [0, 0.05) is 29.7 Å². The molecule has 0 unspecified atom stereocenters. The van der Waals surface area contributed by atoms with Crippen molar-refractivity contribution in [1.29, 1.82) is 0 Å². The number of benzene rings is 2. The van der Waals surface area contributed by atoms with Crippen LogP contribution in [0.5, 0.6) is 0 Å². The molecule has 0 atom stereocenters. The molecule has 30 heavy (non-hydrogen) atoms. The van der Waals surface area contributed by atoms with E-state index in [0.717, 1.165) is 24.1 Å². The smallest absolute Gasteiger partial charge is 0.396 e. The minimum absolute atomic E-state index is 0.168. The Balaban J connectivity index is 1.91. The summed E-state index contributed by atoms with van der Waals surface area (Å²) in [5, 5.41) is 20.9. The number of alkyl halides is 3. The van der Waals surface area contributed by atoms with Crippen molar-refractivity contribution in [1.82, 2.24) is 5.32 Å². The van der Waals surface area contributed by atoms with Crippen molar-refractivity contribution in [3.8, 4) is 11.1 Å². The fourth-order valence-electron chi connectivity index (χ4n) is 3.23. The number of carbonyl (C=O) groups excluding carboxylic acids is 1. The summed E-state index contributed by atoms with van der Waals surface area (Å²) in [6, 6.07) is 6.63. The van der Waals surface area contributed by atoms with Crippen molar-refractivity contribution in [2.75, 3.05) is 24.1 Å². The Bertz CT molecular complexity index is 917. The summed E-state index contributed by atoms with van der Waals surface area (Å²) < 4.78 is 54.9. The molecule has 1 aliphatic heterocycles. The van der Waals surface area contributed by atoms with Crippen LogP contribution < -0.4 is 9.62 Å². The van der Waals surface area contributed by atoms with Gasteiger partial charge in [0.1, 0.15) is 12.4 Å². The van der Waals surface area contributed by atoms with Gasteiger partial charge in [0.15, 0.2) is 0 Å². The van der Waals surface area contributed by atoms with Crippen molar-refractivity contribution >= 4 is 23.5 Å².